The molecule has 2 heterocycles. The fourth-order valence-corrected chi connectivity index (χ4v) is 0.937. The van der Waals surface area contributed by atoms with E-state index in [1.165, 1.54) is 11.0 Å². The molecular formula is C8H9N5. The maximum Gasteiger partial charge on any atom is 0.252 e. The molecule has 0 amide bonds. The Balaban J connectivity index is 2.49. The summed E-state index contributed by atoms with van der Waals surface area (Å²) in [4.78, 5) is 12.2. The molecule has 0 aliphatic carbocycles. The fraction of sp³-hybridized carbons (Fsp3) is 0.250. The van der Waals surface area contributed by atoms with E-state index in [9.17, 15) is 0 Å². The van der Waals surface area contributed by atoms with E-state index in [1.807, 2.05) is 13.8 Å². The topological polar surface area (TPSA) is 56.5 Å². The highest BCUT2D eigenvalue weighted by Crippen LogP contribution is 2.03. The highest BCUT2D eigenvalue weighted by atomic mass is 15.4. The van der Waals surface area contributed by atoms with Gasteiger partial charge in [0.25, 0.3) is 5.95 Å². The molecule has 0 radical (unpaired) electrons. The maximum atomic E-state index is 4.26. The second kappa shape index (κ2) is 2.93. The Morgan fingerprint density at radius 2 is 2.15 bits per heavy atom. The van der Waals surface area contributed by atoms with Crippen molar-refractivity contribution in [3.05, 3.63) is 30.1 Å². The highest BCUT2D eigenvalue weighted by molar-refractivity contribution is 5.18. The molecule has 2 aromatic rings. The number of aryl methyl sites for hydroxylation is 2. The highest BCUT2D eigenvalue weighted by Gasteiger charge is 2.01. The van der Waals surface area contributed by atoms with Crippen LogP contribution in [-0.4, -0.2) is 24.7 Å². The Morgan fingerprint density at radius 3 is 2.77 bits per heavy atom. The van der Waals surface area contributed by atoms with E-state index in [0.29, 0.717) is 5.95 Å². The number of aromatic nitrogens is 5. The largest absolute Gasteiger partial charge is 0.252 e. The number of nitrogens with zero attached hydrogens (tertiary/aromatic N) is 5. The van der Waals surface area contributed by atoms with Gasteiger partial charge >= 0.3 is 0 Å². The van der Waals surface area contributed by atoms with E-state index in [1.54, 1.807) is 12.5 Å². The molecule has 13 heavy (non-hydrogen) atoms. The summed E-state index contributed by atoms with van der Waals surface area (Å²) in [6.45, 7) is 3.91. The van der Waals surface area contributed by atoms with Gasteiger partial charge in [-0.3, -0.25) is 0 Å². The van der Waals surface area contributed by atoms with Gasteiger partial charge in [-0.2, -0.15) is 9.78 Å². The van der Waals surface area contributed by atoms with Crippen molar-refractivity contribution in [3.8, 4) is 5.95 Å². The molecular weight excluding hydrogens is 166 g/mol. The van der Waals surface area contributed by atoms with E-state index in [0.717, 1.165) is 11.3 Å². The zero-order valence-corrected chi connectivity index (χ0v) is 7.47. The monoisotopic (exact) mass is 175 g/mol. The molecule has 0 aromatic carbocycles. The first-order chi connectivity index (χ1) is 6.27. The lowest BCUT2D eigenvalue weighted by molar-refractivity contribution is 0.795. The smallest absolute Gasteiger partial charge is 0.223 e. The van der Waals surface area contributed by atoms with Crippen LogP contribution in [0.3, 0.4) is 0 Å². The lowest BCUT2D eigenvalue weighted by Crippen LogP contribution is -2.03. The van der Waals surface area contributed by atoms with Gasteiger partial charge in [0.05, 0.1) is 0 Å². The summed E-state index contributed by atoms with van der Waals surface area (Å²) >= 11 is 0. The van der Waals surface area contributed by atoms with Crippen LogP contribution in [0.25, 0.3) is 5.95 Å². The summed E-state index contributed by atoms with van der Waals surface area (Å²) < 4.78 is 1.53. The van der Waals surface area contributed by atoms with Gasteiger partial charge < -0.3 is 0 Å². The first kappa shape index (κ1) is 7.85. The van der Waals surface area contributed by atoms with Crippen LogP contribution in [0, 0.1) is 13.8 Å². The van der Waals surface area contributed by atoms with Gasteiger partial charge in [0, 0.05) is 11.9 Å². The maximum absolute atomic E-state index is 4.26. The molecule has 0 spiro atoms. The average Bonchev–Trinajstić information content (AvgIpc) is 2.62. The van der Waals surface area contributed by atoms with E-state index in [4.69, 9.17) is 0 Å². The Hall–Kier alpha value is -1.78. The first-order valence-corrected chi connectivity index (χ1v) is 3.92. The Bertz CT molecular complexity index is 406. The first-order valence-electron chi connectivity index (χ1n) is 3.92. The van der Waals surface area contributed by atoms with Crippen molar-refractivity contribution in [3.63, 3.8) is 0 Å². The molecule has 0 unspecified atom stereocenters. The molecule has 0 saturated heterocycles. The molecule has 0 aliphatic rings. The van der Waals surface area contributed by atoms with Crippen LogP contribution < -0.4 is 0 Å². The number of hydrogen-bond donors (Lipinski definition) is 0. The predicted octanol–water partition coefficient (Wildman–Crippen LogP) is 0.674. The van der Waals surface area contributed by atoms with Crippen molar-refractivity contribution in [2.45, 2.75) is 13.8 Å². The summed E-state index contributed by atoms with van der Waals surface area (Å²) in [5.74, 6) is 0.556. The van der Waals surface area contributed by atoms with Gasteiger partial charge in [0.1, 0.15) is 12.7 Å². The van der Waals surface area contributed by atoms with Gasteiger partial charge in [-0.1, -0.05) is 0 Å². The van der Waals surface area contributed by atoms with Crippen LogP contribution in [0.2, 0.25) is 0 Å². The van der Waals surface area contributed by atoms with Gasteiger partial charge in [-0.05, 0) is 19.4 Å². The van der Waals surface area contributed by atoms with E-state index < -0.39 is 0 Å². The van der Waals surface area contributed by atoms with Gasteiger partial charge in [0.2, 0.25) is 0 Å². The Morgan fingerprint density at radius 1 is 1.31 bits per heavy atom. The molecule has 0 atom stereocenters. The Kier molecular flexibility index (Phi) is 1.77. The van der Waals surface area contributed by atoms with Crippen molar-refractivity contribution in [1.82, 2.24) is 24.7 Å². The molecule has 0 fully saturated rings. The van der Waals surface area contributed by atoms with Gasteiger partial charge in [-0.15, -0.1) is 0 Å². The molecule has 2 rings (SSSR count). The van der Waals surface area contributed by atoms with Crippen LogP contribution in [0.5, 0.6) is 0 Å². The summed E-state index contributed by atoms with van der Waals surface area (Å²) in [5.41, 5.74) is 2.03. The minimum atomic E-state index is 0.556. The summed E-state index contributed by atoms with van der Waals surface area (Å²) in [5, 5.41) is 3.94. The van der Waals surface area contributed by atoms with Crippen LogP contribution in [0.15, 0.2) is 18.9 Å². The number of hydrogen-bond acceptors (Lipinski definition) is 4. The molecule has 0 saturated carbocycles. The molecule has 0 N–H and O–H groups in total. The quantitative estimate of drug-likeness (QED) is 0.639. The lowest BCUT2D eigenvalue weighted by atomic mass is 10.3. The summed E-state index contributed by atoms with van der Waals surface area (Å²) in [6, 6.07) is 0. The van der Waals surface area contributed by atoms with E-state index in [2.05, 4.69) is 20.1 Å². The third-order valence-corrected chi connectivity index (χ3v) is 1.84. The molecule has 0 aliphatic heterocycles. The molecule has 66 valence electrons. The van der Waals surface area contributed by atoms with Crippen molar-refractivity contribution in [1.29, 1.82) is 0 Å². The summed E-state index contributed by atoms with van der Waals surface area (Å²) in [7, 11) is 0. The standard InChI is InChI=1S/C8H9N5/c1-6-3-10-8(12-7(6)2)13-5-9-4-11-13/h3-5H,1-2H3. The SMILES string of the molecule is Cc1cnc(-n2cncn2)nc1C. The zero-order valence-electron chi connectivity index (χ0n) is 7.47. The third kappa shape index (κ3) is 1.40. The van der Waals surface area contributed by atoms with Crippen molar-refractivity contribution in [2.75, 3.05) is 0 Å². The molecule has 0 bridgehead atoms. The van der Waals surface area contributed by atoms with Crippen molar-refractivity contribution >= 4 is 0 Å². The van der Waals surface area contributed by atoms with Crippen LogP contribution >= 0.6 is 0 Å². The third-order valence-electron chi connectivity index (χ3n) is 1.84. The molecule has 5 heteroatoms. The zero-order chi connectivity index (χ0) is 9.26. The van der Waals surface area contributed by atoms with E-state index in [-0.39, 0.29) is 0 Å². The van der Waals surface area contributed by atoms with Crippen LogP contribution in [-0.2, 0) is 0 Å². The van der Waals surface area contributed by atoms with E-state index >= 15 is 0 Å². The Labute approximate surface area is 75.5 Å². The van der Waals surface area contributed by atoms with Gasteiger partial charge in [-0.25, -0.2) is 15.0 Å². The van der Waals surface area contributed by atoms with Crippen molar-refractivity contribution < 1.29 is 0 Å². The lowest BCUT2D eigenvalue weighted by Gasteiger charge is -2.01. The van der Waals surface area contributed by atoms with Crippen molar-refractivity contribution in [2.24, 2.45) is 0 Å². The predicted molar refractivity (Wildman–Crippen MR) is 46.4 cm³/mol. The average molecular weight is 175 g/mol. The van der Waals surface area contributed by atoms with Gasteiger partial charge in [0.15, 0.2) is 0 Å². The second-order valence-electron chi connectivity index (χ2n) is 2.78. The fourth-order valence-electron chi connectivity index (χ4n) is 0.937. The molecule has 5 nitrogen and oxygen atoms in total. The summed E-state index contributed by atoms with van der Waals surface area (Å²) in [6.07, 6.45) is 4.81. The minimum Gasteiger partial charge on any atom is -0.223 e. The molecule has 2 aromatic heterocycles. The second-order valence-corrected chi connectivity index (χ2v) is 2.78. The van der Waals surface area contributed by atoms with Crippen LogP contribution in [0.4, 0.5) is 0 Å². The normalized spacial score (nSPS) is 10.3. The number of rotatable bonds is 1. The van der Waals surface area contributed by atoms with Crippen LogP contribution in [0.1, 0.15) is 11.3 Å². The minimum absolute atomic E-state index is 0.556.